The van der Waals surface area contributed by atoms with Gasteiger partial charge in [-0.05, 0) is 19.8 Å². The summed E-state index contributed by atoms with van der Waals surface area (Å²) in [6, 6.07) is 0.561. The second-order valence-corrected chi connectivity index (χ2v) is 5.06. The molecule has 2 rings (SSSR count). The molecule has 2 aliphatic heterocycles. The maximum atomic E-state index is 10.5. The van der Waals surface area contributed by atoms with Gasteiger partial charge in [0.25, 0.3) is 0 Å². The van der Waals surface area contributed by atoms with Crippen molar-refractivity contribution in [3.8, 4) is 0 Å². The van der Waals surface area contributed by atoms with Gasteiger partial charge in [-0.15, -0.1) is 0 Å². The monoisotopic (exact) mass is 227 g/mol. The summed E-state index contributed by atoms with van der Waals surface area (Å²) >= 11 is 0. The van der Waals surface area contributed by atoms with Crippen LogP contribution in [-0.4, -0.2) is 56.4 Å². The molecule has 2 saturated heterocycles. The lowest BCUT2D eigenvalue weighted by Gasteiger charge is -2.36. The number of rotatable bonds is 4. The first kappa shape index (κ1) is 12.3. The molecule has 0 aromatic carbocycles. The fraction of sp³-hybridized carbons (Fsp3) is 1.00. The summed E-state index contributed by atoms with van der Waals surface area (Å²) in [5.41, 5.74) is 0. The first-order chi connectivity index (χ1) is 7.79. The van der Waals surface area contributed by atoms with E-state index in [0.29, 0.717) is 18.1 Å². The minimum Gasteiger partial charge on any atom is -0.378 e. The molecule has 3 unspecified atom stereocenters. The van der Waals surface area contributed by atoms with Crippen LogP contribution in [0.4, 0.5) is 0 Å². The largest absolute Gasteiger partial charge is 0.378 e. The Hall–Kier alpha value is -0.160. The molecule has 2 fully saturated rings. The summed E-state index contributed by atoms with van der Waals surface area (Å²) in [5.74, 6) is 0.657. The molecule has 0 aliphatic carbocycles. The van der Waals surface area contributed by atoms with E-state index in [0.717, 1.165) is 39.2 Å². The topological polar surface area (TPSA) is 44.4 Å². The van der Waals surface area contributed by atoms with Crippen LogP contribution in [0, 0.1) is 5.92 Å². The van der Waals surface area contributed by atoms with Crippen LogP contribution in [0.25, 0.3) is 0 Å². The van der Waals surface area contributed by atoms with Crippen LogP contribution >= 0.6 is 0 Å². The van der Waals surface area contributed by atoms with Gasteiger partial charge >= 0.3 is 0 Å². The fourth-order valence-electron chi connectivity index (χ4n) is 2.78. The lowest BCUT2D eigenvalue weighted by molar-refractivity contribution is 0.105. The predicted octanol–water partition coefficient (Wildman–Crippen LogP) is 0.506. The van der Waals surface area contributed by atoms with Crippen molar-refractivity contribution in [1.29, 1.82) is 0 Å². The van der Waals surface area contributed by atoms with Crippen molar-refractivity contribution >= 4 is 0 Å². The highest BCUT2D eigenvalue weighted by Gasteiger charge is 2.32. The number of nitrogens with one attached hydrogen (secondary N) is 1. The molecule has 0 amide bonds. The van der Waals surface area contributed by atoms with Crippen LogP contribution in [0.3, 0.4) is 0 Å². The van der Waals surface area contributed by atoms with Gasteiger partial charge in [0, 0.05) is 38.1 Å². The van der Waals surface area contributed by atoms with Crippen molar-refractivity contribution in [1.82, 2.24) is 10.2 Å². The molecule has 4 heteroatoms. The molecule has 0 saturated carbocycles. The molecule has 16 heavy (non-hydrogen) atoms. The van der Waals surface area contributed by atoms with Crippen LogP contribution in [0.5, 0.6) is 0 Å². The van der Waals surface area contributed by atoms with E-state index in [1.54, 1.807) is 0 Å². The zero-order valence-corrected chi connectivity index (χ0v) is 10.2. The van der Waals surface area contributed by atoms with Crippen molar-refractivity contribution in [3.05, 3.63) is 0 Å². The summed E-state index contributed by atoms with van der Waals surface area (Å²) in [5, 5.41) is 14.1. The highest BCUT2D eigenvalue weighted by atomic mass is 16.5. The average molecular weight is 227 g/mol. The lowest BCUT2D eigenvalue weighted by Crippen LogP contribution is -2.54. The number of piperazine rings is 1. The normalized spacial score (nSPS) is 36.8. The Kier molecular flexibility index (Phi) is 4.58. The fourth-order valence-corrected chi connectivity index (χ4v) is 2.78. The predicted molar refractivity (Wildman–Crippen MR) is 61.9 cm³/mol. The molecule has 1 N–H and O–H groups in total. The van der Waals surface area contributed by atoms with Crippen molar-refractivity contribution in [2.24, 2.45) is 5.92 Å². The van der Waals surface area contributed by atoms with Crippen LogP contribution in [0.15, 0.2) is 0 Å². The van der Waals surface area contributed by atoms with Gasteiger partial charge in [-0.1, -0.05) is 0 Å². The third-order valence-electron chi connectivity index (χ3n) is 3.71. The zero-order valence-electron chi connectivity index (χ0n) is 10.2. The third-order valence-corrected chi connectivity index (χ3v) is 3.71. The summed E-state index contributed by atoms with van der Waals surface area (Å²) in [6.45, 7) is 7.28. The summed E-state index contributed by atoms with van der Waals surface area (Å²) in [7, 11) is 0. The first-order valence-electron chi connectivity index (χ1n) is 6.45. The molecule has 93 valence electrons. The highest BCUT2D eigenvalue weighted by molar-refractivity contribution is 4.87. The second kappa shape index (κ2) is 5.96. The van der Waals surface area contributed by atoms with Crippen LogP contribution in [0.2, 0.25) is 0 Å². The second-order valence-electron chi connectivity index (χ2n) is 5.06. The van der Waals surface area contributed by atoms with E-state index in [2.05, 4.69) is 17.1 Å². The molecule has 0 spiro atoms. The molecule has 0 aromatic rings. The van der Waals surface area contributed by atoms with Gasteiger partial charge in [0.2, 0.25) is 0 Å². The minimum atomic E-state index is 0.0537. The average Bonchev–Trinajstić information content (AvgIpc) is 2.74. The molecule has 0 bridgehead atoms. The zero-order chi connectivity index (χ0) is 11.4. The van der Waals surface area contributed by atoms with Crippen molar-refractivity contribution in [2.75, 3.05) is 39.4 Å². The molecule has 0 aromatic heterocycles. The van der Waals surface area contributed by atoms with E-state index >= 15 is 0 Å². The summed E-state index contributed by atoms with van der Waals surface area (Å²) in [4.78, 5) is 2.42. The number of nitrogens with zero attached hydrogens (tertiary/aromatic N) is 1. The Morgan fingerprint density at radius 2 is 2.38 bits per heavy atom. The number of ether oxygens (including phenoxy) is 1. The highest BCUT2D eigenvalue weighted by Crippen LogP contribution is 2.23. The standard InChI is InChI=1S/C12H23N2O2/c1-10-7-11(9-16-10)12-8-14(4-2-6-15)5-3-13-12/h10-13H,2-9H2,1H3. The summed E-state index contributed by atoms with van der Waals surface area (Å²) < 4.78 is 5.63. The molecule has 3 atom stereocenters. The maximum absolute atomic E-state index is 10.5. The third kappa shape index (κ3) is 3.17. The molecule has 2 heterocycles. The Labute approximate surface area is 98.0 Å². The maximum Gasteiger partial charge on any atom is 0.0834 e. The minimum absolute atomic E-state index is 0.0537. The molecular formula is C12H23N2O2. The SMILES string of the molecule is CC1CC(C2CN(CCC[O])CCN2)CO1. The molecule has 4 nitrogen and oxygen atoms in total. The Morgan fingerprint density at radius 3 is 3.06 bits per heavy atom. The van der Waals surface area contributed by atoms with E-state index in [1.165, 1.54) is 6.42 Å². The molecule has 1 radical (unpaired) electrons. The number of hydrogen-bond acceptors (Lipinski definition) is 3. The first-order valence-corrected chi connectivity index (χ1v) is 6.45. The quantitative estimate of drug-likeness (QED) is 0.761. The van der Waals surface area contributed by atoms with Crippen molar-refractivity contribution in [2.45, 2.75) is 31.9 Å². The summed E-state index contributed by atoms with van der Waals surface area (Å²) in [6.07, 6.45) is 2.38. The van der Waals surface area contributed by atoms with Crippen LogP contribution in [-0.2, 0) is 9.84 Å². The van der Waals surface area contributed by atoms with E-state index in [-0.39, 0.29) is 6.61 Å². The van der Waals surface area contributed by atoms with E-state index < -0.39 is 0 Å². The van der Waals surface area contributed by atoms with E-state index in [1.807, 2.05) is 0 Å². The Balaban J connectivity index is 1.77. The Morgan fingerprint density at radius 1 is 1.50 bits per heavy atom. The van der Waals surface area contributed by atoms with E-state index in [4.69, 9.17) is 4.74 Å². The van der Waals surface area contributed by atoms with Gasteiger partial charge in [-0.2, -0.15) is 0 Å². The van der Waals surface area contributed by atoms with Gasteiger partial charge in [0.15, 0.2) is 0 Å². The molecular weight excluding hydrogens is 204 g/mol. The van der Waals surface area contributed by atoms with Crippen molar-refractivity contribution < 1.29 is 9.84 Å². The van der Waals surface area contributed by atoms with Crippen LogP contribution in [0.1, 0.15) is 19.8 Å². The Bertz CT molecular complexity index is 213. The smallest absolute Gasteiger partial charge is 0.0834 e. The van der Waals surface area contributed by atoms with Gasteiger partial charge < -0.3 is 15.0 Å². The van der Waals surface area contributed by atoms with E-state index in [9.17, 15) is 5.11 Å². The number of hydrogen-bond donors (Lipinski definition) is 1. The van der Waals surface area contributed by atoms with Crippen molar-refractivity contribution in [3.63, 3.8) is 0 Å². The van der Waals surface area contributed by atoms with Gasteiger partial charge in [0.1, 0.15) is 0 Å². The molecule has 2 aliphatic rings. The van der Waals surface area contributed by atoms with Gasteiger partial charge in [-0.3, -0.25) is 0 Å². The van der Waals surface area contributed by atoms with Crippen LogP contribution < -0.4 is 5.32 Å². The lowest BCUT2D eigenvalue weighted by atomic mass is 9.95. The van der Waals surface area contributed by atoms with Gasteiger partial charge in [0.05, 0.1) is 19.3 Å². The van der Waals surface area contributed by atoms with Gasteiger partial charge in [-0.25, -0.2) is 5.11 Å².